The Morgan fingerprint density at radius 3 is 2.91 bits per heavy atom. The van der Waals surface area contributed by atoms with Crippen molar-refractivity contribution < 1.29 is 18.7 Å². The fourth-order valence-corrected chi connectivity index (χ4v) is 3.65. The number of furan rings is 1. The Kier molecular flexibility index (Phi) is 4.24. The Balaban J connectivity index is 1.98. The van der Waals surface area contributed by atoms with Crippen LogP contribution in [-0.4, -0.2) is 18.4 Å². The summed E-state index contributed by atoms with van der Waals surface area (Å²) in [5.74, 6) is -0.943. The van der Waals surface area contributed by atoms with Crippen molar-refractivity contribution in [3.63, 3.8) is 0 Å². The summed E-state index contributed by atoms with van der Waals surface area (Å²) in [7, 11) is 0. The monoisotopic (exact) mass is 316 g/mol. The number of thiophene rings is 1. The quantitative estimate of drug-likeness (QED) is 0.638. The molecule has 2 atom stereocenters. The van der Waals surface area contributed by atoms with Crippen molar-refractivity contribution in [3.05, 3.63) is 52.6 Å². The number of carbonyl (C=O) groups is 2. The van der Waals surface area contributed by atoms with E-state index in [2.05, 4.69) is 0 Å². The van der Waals surface area contributed by atoms with E-state index in [1.165, 1.54) is 6.08 Å². The lowest BCUT2D eigenvalue weighted by atomic mass is 9.77. The molecule has 22 heavy (non-hydrogen) atoms. The zero-order chi connectivity index (χ0) is 15.5. The van der Waals surface area contributed by atoms with E-state index in [-0.39, 0.29) is 18.3 Å². The minimum Gasteiger partial charge on any atom is -0.465 e. The maximum Gasteiger partial charge on any atom is 0.317 e. The molecule has 0 radical (unpaired) electrons. The summed E-state index contributed by atoms with van der Waals surface area (Å²) < 4.78 is 10.5. The van der Waals surface area contributed by atoms with Gasteiger partial charge in [0.1, 0.15) is 11.7 Å². The van der Waals surface area contributed by atoms with Gasteiger partial charge in [0.2, 0.25) is 0 Å². The molecule has 1 aliphatic rings. The third-order valence-corrected chi connectivity index (χ3v) is 4.76. The van der Waals surface area contributed by atoms with Gasteiger partial charge in [0, 0.05) is 10.8 Å². The van der Waals surface area contributed by atoms with Crippen LogP contribution in [0.5, 0.6) is 0 Å². The molecule has 114 valence electrons. The van der Waals surface area contributed by atoms with Gasteiger partial charge in [0.25, 0.3) is 0 Å². The Morgan fingerprint density at radius 1 is 1.41 bits per heavy atom. The van der Waals surface area contributed by atoms with E-state index in [1.54, 1.807) is 30.6 Å². The smallest absolute Gasteiger partial charge is 0.317 e. The first-order valence-corrected chi connectivity index (χ1v) is 8.07. The lowest BCUT2D eigenvalue weighted by molar-refractivity contribution is -0.151. The predicted molar refractivity (Wildman–Crippen MR) is 83.5 cm³/mol. The SMILES string of the molecule is CCOC(=O)[C@@H]1C(=O)C=C(c2ccco2)C[C@H]1c1cccs1. The van der Waals surface area contributed by atoms with E-state index in [0.29, 0.717) is 12.2 Å². The van der Waals surface area contributed by atoms with E-state index in [4.69, 9.17) is 9.15 Å². The molecule has 0 unspecified atom stereocenters. The molecule has 0 amide bonds. The van der Waals surface area contributed by atoms with Gasteiger partial charge in [-0.2, -0.15) is 0 Å². The topological polar surface area (TPSA) is 56.5 Å². The molecule has 3 rings (SSSR count). The van der Waals surface area contributed by atoms with Gasteiger partial charge in [-0.25, -0.2) is 0 Å². The highest BCUT2D eigenvalue weighted by Crippen LogP contribution is 2.41. The molecule has 0 saturated heterocycles. The maximum atomic E-state index is 12.5. The van der Waals surface area contributed by atoms with Gasteiger partial charge < -0.3 is 9.15 Å². The van der Waals surface area contributed by atoms with Crippen LogP contribution in [0.25, 0.3) is 5.57 Å². The largest absolute Gasteiger partial charge is 0.465 e. The number of hydrogen-bond acceptors (Lipinski definition) is 5. The lowest BCUT2D eigenvalue weighted by Crippen LogP contribution is -2.33. The summed E-state index contributed by atoms with van der Waals surface area (Å²) in [6, 6.07) is 7.50. The summed E-state index contributed by atoms with van der Waals surface area (Å²) in [6.07, 6.45) is 3.69. The zero-order valence-corrected chi connectivity index (χ0v) is 13.0. The van der Waals surface area contributed by atoms with E-state index in [9.17, 15) is 9.59 Å². The molecule has 0 fully saturated rings. The highest BCUT2D eigenvalue weighted by molar-refractivity contribution is 7.10. The van der Waals surface area contributed by atoms with Crippen LogP contribution in [0, 0.1) is 5.92 Å². The Labute approximate surface area is 132 Å². The minimum absolute atomic E-state index is 0.198. The lowest BCUT2D eigenvalue weighted by Gasteiger charge is -2.27. The van der Waals surface area contributed by atoms with Crippen molar-refractivity contribution in [1.29, 1.82) is 0 Å². The van der Waals surface area contributed by atoms with Crippen LogP contribution < -0.4 is 0 Å². The average molecular weight is 316 g/mol. The summed E-state index contributed by atoms with van der Waals surface area (Å²) in [4.78, 5) is 25.7. The third-order valence-electron chi connectivity index (χ3n) is 3.75. The Bertz CT molecular complexity index is 682. The predicted octanol–water partition coefficient (Wildman–Crippen LogP) is 3.66. The van der Waals surface area contributed by atoms with Crippen molar-refractivity contribution in [2.24, 2.45) is 5.92 Å². The van der Waals surface area contributed by atoms with E-state index < -0.39 is 11.9 Å². The van der Waals surface area contributed by atoms with Crippen LogP contribution in [-0.2, 0) is 14.3 Å². The number of esters is 1. The van der Waals surface area contributed by atoms with Crippen molar-refractivity contribution in [1.82, 2.24) is 0 Å². The molecule has 4 nitrogen and oxygen atoms in total. The van der Waals surface area contributed by atoms with Crippen molar-refractivity contribution in [3.8, 4) is 0 Å². The molecule has 2 aromatic heterocycles. The average Bonchev–Trinajstić information content (AvgIpc) is 3.20. The Hall–Kier alpha value is -2.14. The normalized spacial score (nSPS) is 21.5. The van der Waals surface area contributed by atoms with Crippen LogP contribution in [0.4, 0.5) is 0 Å². The van der Waals surface area contributed by atoms with Crippen molar-refractivity contribution in [2.75, 3.05) is 6.61 Å². The summed E-state index contributed by atoms with van der Waals surface area (Å²) in [5, 5.41) is 1.95. The van der Waals surface area contributed by atoms with Crippen LogP contribution >= 0.6 is 11.3 Å². The van der Waals surface area contributed by atoms with Crippen molar-refractivity contribution in [2.45, 2.75) is 19.3 Å². The molecule has 0 bridgehead atoms. The number of allylic oxidation sites excluding steroid dienone is 2. The van der Waals surface area contributed by atoms with Gasteiger partial charge in [0.15, 0.2) is 5.78 Å². The van der Waals surface area contributed by atoms with Gasteiger partial charge in [-0.3, -0.25) is 9.59 Å². The minimum atomic E-state index is -0.766. The highest BCUT2D eigenvalue weighted by Gasteiger charge is 2.40. The molecule has 0 aliphatic heterocycles. The van der Waals surface area contributed by atoms with Gasteiger partial charge in [-0.1, -0.05) is 6.07 Å². The van der Waals surface area contributed by atoms with E-state index in [0.717, 1.165) is 10.5 Å². The molecule has 0 spiro atoms. The second-order valence-electron chi connectivity index (χ2n) is 5.11. The van der Waals surface area contributed by atoms with Crippen molar-refractivity contribution >= 4 is 28.7 Å². The second-order valence-corrected chi connectivity index (χ2v) is 6.08. The van der Waals surface area contributed by atoms with Gasteiger partial charge in [-0.15, -0.1) is 11.3 Å². The standard InChI is InChI=1S/C17H16O4S/c1-2-20-17(19)16-12(15-6-4-8-22-15)9-11(10-13(16)18)14-5-3-7-21-14/h3-8,10,12,16H,2,9H2,1H3/t12-,16-/m0/s1. The van der Waals surface area contributed by atoms with Gasteiger partial charge in [-0.05, 0) is 48.6 Å². The molecule has 2 heterocycles. The molecule has 5 heteroatoms. The maximum absolute atomic E-state index is 12.5. The van der Waals surface area contributed by atoms with E-state index in [1.807, 2.05) is 23.6 Å². The molecular weight excluding hydrogens is 300 g/mol. The molecule has 0 aromatic carbocycles. The molecular formula is C17H16O4S. The van der Waals surface area contributed by atoms with E-state index >= 15 is 0 Å². The number of carbonyl (C=O) groups excluding carboxylic acids is 2. The first kappa shape index (κ1) is 14.8. The molecule has 0 saturated carbocycles. The zero-order valence-electron chi connectivity index (χ0n) is 12.2. The first-order valence-electron chi connectivity index (χ1n) is 7.19. The summed E-state index contributed by atoms with van der Waals surface area (Å²) >= 11 is 1.55. The van der Waals surface area contributed by atoms with Gasteiger partial charge in [0.05, 0.1) is 12.9 Å². The first-order chi connectivity index (χ1) is 10.7. The number of ether oxygens (including phenoxy) is 1. The summed E-state index contributed by atoms with van der Waals surface area (Å²) in [5.41, 5.74) is 0.828. The molecule has 2 aromatic rings. The van der Waals surface area contributed by atoms with Crippen LogP contribution in [0.1, 0.15) is 29.9 Å². The summed E-state index contributed by atoms with van der Waals surface area (Å²) in [6.45, 7) is 2.02. The molecule has 1 aliphatic carbocycles. The van der Waals surface area contributed by atoms with Crippen LogP contribution in [0.3, 0.4) is 0 Å². The van der Waals surface area contributed by atoms with Crippen LogP contribution in [0.2, 0.25) is 0 Å². The van der Waals surface area contributed by atoms with Gasteiger partial charge >= 0.3 is 5.97 Å². The second kappa shape index (κ2) is 6.32. The molecule has 0 N–H and O–H groups in total. The fraction of sp³-hybridized carbons (Fsp3) is 0.294. The Morgan fingerprint density at radius 2 is 2.27 bits per heavy atom. The number of ketones is 1. The third kappa shape index (κ3) is 2.76. The fourth-order valence-electron chi connectivity index (χ4n) is 2.79. The van der Waals surface area contributed by atoms with Crippen LogP contribution in [0.15, 0.2) is 46.4 Å². The number of hydrogen-bond donors (Lipinski definition) is 0. The highest BCUT2D eigenvalue weighted by atomic mass is 32.1. The number of rotatable bonds is 4.